The molecule has 1 aromatic rings. The van der Waals surface area contributed by atoms with Crippen molar-refractivity contribution in [2.24, 2.45) is 23.7 Å². The van der Waals surface area contributed by atoms with E-state index in [9.17, 15) is 17.2 Å². The monoisotopic (exact) mass is 314 g/mol. The van der Waals surface area contributed by atoms with Gasteiger partial charge in [0.15, 0.2) is 4.90 Å². The molecule has 2 bridgehead atoms. The number of halogens is 2. The van der Waals surface area contributed by atoms with E-state index in [0.717, 1.165) is 25.0 Å². The molecule has 0 aliphatic heterocycles. The highest BCUT2D eigenvalue weighted by Gasteiger charge is 2.65. The summed E-state index contributed by atoms with van der Waals surface area (Å²) in [6.45, 7) is 0. The van der Waals surface area contributed by atoms with Gasteiger partial charge in [-0.3, -0.25) is 0 Å². The number of hydrogen-bond donors (Lipinski definition) is 2. The first-order valence-electron chi connectivity index (χ1n) is 7.15. The number of nitrogens with one attached hydrogen (secondary N) is 1. The van der Waals surface area contributed by atoms with Gasteiger partial charge in [-0.2, -0.15) is 0 Å². The third-order valence-electron chi connectivity index (χ3n) is 5.32. The van der Waals surface area contributed by atoms with Crippen molar-refractivity contribution in [3.63, 3.8) is 0 Å². The molecular formula is C14H16F2N2O2S. The molecule has 4 atom stereocenters. The number of sulfonamides is 1. The molecule has 4 rings (SSSR count). The quantitative estimate of drug-likeness (QED) is 0.837. The fourth-order valence-corrected chi connectivity index (χ4v) is 5.98. The van der Waals surface area contributed by atoms with Crippen molar-refractivity contribution in [3.05, 3.63) is 23.8 Å². The smallest absolute Gasteiger partial charge is 0.246 e. The van der Waals surface area contributed by atoms with Gasteiger partial charge in [-0.1, -0.05) is 0 Å². The maximum atomic E-state index is 13.8. The highest BCUT2D eigenvalue weighted by atomic mass is 32.2. The van der Waals surface area contributed by atoms with Crippen molar-refractivity contribution in [2.75, 3.05) is 5.73 Å². The summed E-state index contributed by atoms with van der Waals surface area (Å²) in [4.78, 5) is -0.922. The van der Waals surface area contributed by atoms with E-state index in [-0.39, 0.29) is 11.7 Å². The SMILES string of the molecule is Nc1cc(F)c(S(=O)(=O)NC2C3C4CCC(C4)C23)c(F)c1. The van der Waals surface area contributed by atoms with Crippen molar-refractivity contribution in [1.29, 1.82) is 0 Å². The fraction of sp³-hybridized carbons (Fsp3) is 0.571. The lowest BCUT2D eigenvalue weighted by Crippen LogP contribution is -2.31. The van der Waals surface area contributed by atoms with Crippen molar-refractivity contribution in [1.82, 2.24) is 4.72 Å². The normalized spacial score (nSPS) is 36.8. The second kappa shape index (κ2) is 4.16. The van der Waals surface area contributed by atoms with Crippen LogP contribution in [0.1, 0.15) is 19.3 Å². The van der Waals surface area contributed by atoms with Crippen molar-refractivity contribution < 1.29 is 17.2 Å². The Hall–Kier alpha value is -1.21. The molecule has 0 aromatic heterocycles. The summed E-state index contributed by atoms with van der Waals surface area (Å²) in [6.07, 6.45) is 3.47. The minimum absolute atomic E-state index is 0.134. The molecule has 21 heavy (non-hydrogen) atoms. The Kier molecular flexibility index (Phi) is 2.67. The number of anilines is 1. The topological polar surface area (TPSA) is 72.2 Å². The molecule has 1 aromatic carbocycles. The summed E-state index contributed by atoms with van der Waals surface area (Å²) in [5.74, 6) is -0.415. The van der Waals surface area contributed by atoms with Crippen LogP contribution in [0.3, 0.4) is 0 Å². The number of rotatable bonds is 3. The van der Waals surface area contributed by atoms with Gasteiger partial charge in [-0.25, -0.2) is 21.9 Å². The highest BCUT2D eigenvalue weighted by molar-refractivity contribution is 7.89. The molecule has 4 nitrogen and oxygen atoms in total. The minimum atomic E-state index is -4.19. The highest BCUT2D eigenvalue weighted by Crippen LogP contribution is 2.65. The lowest BCUT2D eigenvalue weighted by atomic mass is 10.0. The van der Waals surface area contributed by atoms with E-state index in [1.54, 1.807) is 0 Å². The molecule has 0 saturated heterocycles. The van der Waals surface area contributed by atoms with Crippen LogP contribution in [0.5, 0.6) is 0 Å². The molecular weight excluding hydrogens is 298 g/mol. The standard InChI is InChI=1S/C14H16F2N2O2S/c15-9-4-8(17)5-10(16)14(9)21(19,20)18-13-11-6-1-2-7(3-6)12(11)13/h4-7,11-13,18H,1-3,17H2. The van der Waals surface area contributed by atoms with Gasteiger partial charge in [0.1, 0.15) is 11.6 Å². The molecule has 0 radical (unpaired) electrons. The average molecular weight is 314 g/mol. The van der Waals surface area contributed by atoms with Crippen LogP contribution in [0.25, 0.3) is 0 Å². The summed E-state index contributed by atoms with van der Waals surface area (Å²) in [5, 5.41) is 0. The van der Waals surface area contributed by atoms with E-state index in [4.69, 9.17) is 5.73 Å². The Balaban J connectivity index is 1.61. The predicted octanol–water partition coefficient (Wildman–Crippen LogP) is 1.87. The van der Waals surface area contributed by atoms with E-state index in [1.807, 2.05) is 0 Å². The van der Waals surface area contributed by atoms with Crippen LogP contribution in [0.2, 0.25) is 0 Å². The molecule has 4 unspecified atom stereocenters. The molecule has 3 N–H and O–H groups in total. The van der Waals surface area contributed by atoms with Crippen LogP contribution in [0.15, 0.2) is 17.0 Å². The van der Waals surface area contributed by atoms with E-state index < -0.39 is 26.6 Å². The van der Waals surface area contributed by atoms with E-state index in [1.165, 1.54) is 6.42 Å². The Morgan fingerprint density at radius 3 is 2.14 bits per heavy atom. The van der Waals surface area contributed by atoms with E-state index >= 15 is 0 Å². The van der Waals surface area contributed by atoms with E-state index in [2.05, 4.69) is 4.72 Å². The van der Waals surface area contributed by atoms with Crippen LogP contribution in [-0.2, 0) is 10.0 Å². The van der Waals surface area contributed by atoms with E-state index in [0.29, 0.717) is 23.7 Å². The van der Waals surface area contributed by atoms with Crippen LogP contribution < -0.4 is 10.5 Å². The molecule has 3 aliphatic rings. The summed E-state index contributed by atoms with van der Waals surface area (Å²) in [7, 11) is -4.19. The Morgan fingerprint density at radius 2 is 1.62 bits per heavy atom. The summed E-state index contributed by atoms with van der Waals surface area (Å²) >= 11 is 0. The number of benzene rings is 1. The van der Waals surface area contributed by atoms with Gasteiger partial charge < -0.3 is 5.73 Å². The molecule has 0 spiro atoms. The van der Waals surface area contributed by atoms with Gasteiger partial charge in [0, 0.05) is 11.7 Å². The summed E-state index contributed by atoms with van der Waals surface area (Å²) < 4.78 is 54.6. The van der Waals surface area contributed by atoms with Gasteiger partial charge in [0.05, 0.1) is 0 Å². The van der Waals surface area contributed by atoms with Crippen LogP contribution in [0.4, 0.5) is 14.5 Å². The van der Waals surface area contributed by atoms with Crippen molar-refractivity contribution in [3.8, 4) is 0 Å². The molecule has 0 amide bonds. The molecule has 3 saturated carbocycles. The Labute approximate surface area is 121 Å². The molecule has 114 valence electrons. The summed E-state index contributed by atoms with van der Waals surface area (Å²) in [5.41, 5.74) is 5.18. The first-order chi connectivity index (χ1) is 9.88. The number of hydrogen-bond acceptors (Lipinski definition) is 3. The fourth-order valence-electron chi connectivity index (χ4n) is 4.56. The molecule has 7 heteroatoms. The van der Waals surface area contributed by atoms with Crippen LogP contribution in [0, 0.1) is 35.3 Å². The van der Waals surface area contributed by atoms with Crippen LogP contribution >= 0.6 is 0 Å². The molecule has 3 aliphatic carbocycles. The predicted molar refractivity (Wildman–Crippen MR) is 72.7 cm³/mol. The Bertz CT molecular complexity index is 683. The number of nitrogen functional groups attached to an aromatic ring is 1. The number of nitrogens with two attached hydrogens (primary N) is 1. The zero-order chi connectivity index (χ0) is 14.9. The van der Waals surface area contributed by atoms with Gasteiger partial charge in [0.25, 0.3) is 0 Å². The lowest BCUT2D eigenvalue weighted by molar-refractivity contribution is 0.456. The second-order valence-electron chi connectivity index (χ2n) is 6.45. The maximum Gasteiger partial charge on any atom is 0.246 e. The third-order valence-corrected chi connectivity index (χ3v) is 6.83. The number of fused-ring (bicyclic) bond motifs is 5. The second-order valence-corrected chi connectivity index (χ2v) is 8.10. The molecule has 3 fully saturated rings. The Morgan fingerprint density at radius 1 is 1.10 bits per heavy atom. The first kappa shape index (κ1) is 13.5. The maximum absolute atomic E-state index is 13.8. The third kappa shape index (κ3) is 1.90. The van der Waals surface area contributed by atoms with Crippen molar-refractivity contribution >= 4 is 15.7 Å². The molecule has 0 heterocycles. The minimum Gasteiger partial charge on any atom is -0.399 e. The van der Waals surface area contributed by atoms with Crippen molar-refractivity contribution in [2.45, 2.75) is 30.2 Å². The van der Waals surface area contributed by atoms with Crippen LogP contribution in [-0.4, -0.2) is 14.5 Å². The van der Waals surface area contributed by atoms with Gasteiger partial charge in [-0.15, -0.1) is 0 Å². The van der Waals surface area contributed by atoms with Gasteiger partial charge in [-0.05, 0) is 55.1 Å². The zero-order valence-electron chi connectivity index (χ0n) is 11.2. The first-order valence-corrected chi connectivity index (χ1v) is 8.63. The van der Waals surface area contributed by atoms with Gasteiger partial charge in [0.2, 0.25) is 10.0 Å². The zero-order valence-corrected chi connectivity index (χ0v) is 12.0. The van der Waals surface area contributed by atoms with Gasteiger partial charge >= 0.3 is 0 Å². The lowest BCUT2D eigenvalue weighted by Gasteiger charge is -2.12. The largest absolute Gasteiger partial charge is 0.399 e. The summed E-state index contributed by atoms with van der Waals surface area (Å²) in [6, 6.07) is 1.50. The average Bonchev–Trinajstić information content (AvgIpc) is 2.77.